The van der Waals surface area contributed by atoms with Gasteiger partial charge in [-0.3, -0.25) is 9.59 Å². The maximum Gasteiger partial charge on any atom is 0.287 e. The largest absolute Gasteiger partial charge is 0.456 e. The van der Waals surface area contributed by atoms with E-state index in [9.17, 15) is 9.59 Å². The van der Waals surface area contributed by atoms with E-state index < -0.39 is 5.91 Å². The van der Waals surface area contributed by atoms with E-state index in [1.54, 1.807) is 17.8 Å². The molecule has 0 unspecified atom stereocenters. The first kappa shape index (κ1) is 15.7. The number of carbonyl (C=O) groups excluding carboxylic acids is 1. The standard InChI is InChI=1S/C18H17N3O3/c1-12-10-14(22)11-17(24-12)18(23)20-13(2)15-6-3-4-7-16(15)21-9-5-8-19-21/h3-11,13H,1-2H3,(H,20,23)/t13-/m0/s1. The summed E-state index contributed by atoms with van der Waals surface area (Å²) in [6.07, 6.45) is 3.54. The van der Waals surface area contributed by atoms with Crippen LogP contribution < -0.4 is 10.7 Å². The third kappa shape index (κ3) is 3.27. The zero-order valence-corrected chi connectivity index (χ0v) is 13.4. The van der Waals surface area contributed by atoms with Crippen LogP contribution in [0.5, 0.6) is 0 Å². The Morgan fingerprint density at radius 1 is 1.25 bits per heavy atom. The van der Waals surface area contributed by atoms with Gasteiger partial charge in [0.1, 0.15) is 5.76 Å². The van der Waals surface area contributed by atoms with Crippen LogP contribution in [0.15, 0.2) is 64.1 Å². The Morgan fingerprint density at radius 3 is 2.75 bits per heavy atom. The van der Waals surface area contributed by atoms with E-state index in [0.717, 1.165) is 11.3 Å². The second-order valence-corrected chi connectivity index (χ2v) is 5.47. The molecule has 1 atom stereocenters. The van der Waals surface area contributed by atoms with Gasteiger partial charge in [0.2, 0.25) is 0 Å². The minimum atomic E-state index is -0.432. The number of amides is 1. The summed E-state index contributed by atoms with van der Waals surface area (Å²) in [4.78, 5) is 23.9. The highest BCUT2D eigenvalue weighted by Crippen LogP contribution is 2.21. The lowest BCUT2D eigenvalue weighted by molar-refractivity contribution is 0.0907. The van der Waals surface area contributed by atoms with Crippen molar-refractivity contribution in [3.63, 3.8) is 0 Å². The molecule has 24 heavy (non-hydrogen) atoms. The predicted octanol–water partition coefficient (Wildman–Crippen LogP) is 2.62. The van der Waals surface area contributed by atoms with Gasteiger partial charge in [-0.05, 0) is 31.5 Å². The molecule has 0 aliphatic rings. The van der Waals surface area contributed by atoms with Gasteiger partial charge in [-0.25, -0.2) is 4.68 Å². The molecule has 0 fully saturated rings. The summed E-state index contributed by atoms with van der Waals surface area (Å²) in [5.74, 6) is -0.0285. The molecule has 3 rings (SSSR count). The van der Waals surface area contributed by atoms with Crippen LogP contribution in [0.4, 0.5) is 0 Å². The monoisotopic (exact) mass is 323 g/mol. The van der Waals surface area contributed by atoms with Gasteiger partial charge in [0.15, 0.2) is 11.2 Å². The Bertz CT molecular complexity index is 913. The van der Waals surface area contributed by atoms with Gasteiger partial charge in [-0.2, -0.15) is 5.10 Å². The molecule has 1 aromatic carbocycles. The van der Waals surface area contributed by atoms with Gasteiger partial charge in [-0.1, -0.05) is 18.2 Å². The number of aryl methyl sites for hydroxylation is 1. The van der Waals surface area contributed by atoms with Crippen LogP contribution in [0.2, 0.25) is 0 Å². The van der Waals surface area contributed by atoms with Gasteiger partial charge < -0.3 is 9.73 Å². The Hall–Kier alpha value is -3.15. The van der Waals surface area contributed by atoms with Crippen molar-refractivity contribution >= 4 is 5.91 Å². The quantitative estimate of drug-likeness (QED) is 0.800. The van der Waals surface area contributed by atoms with Crippen LogP contribution >= 0.6 is 0 Å². The minimum Gasteiger partial charge on any atom is -0.456 e. The highest BCUT2D eigenvalue weighted by atomic mass is 16.3. The number of para-hydroxylation sites is 1. The van der Waals surface area contributed by atoms with E-state index >= 15 is 0 Å². The summed E-state index contributed by atoms with van der Waals surface area (Å²) in [7, 11) is 0. The van der Waals surface area contributed by atoms with Crippen molar-refractivity contribution in [2.24, 2.45) is 0 Å². The number of nitrogens with one attached hydrogen (secondary N) is 1. The van der Waals surface area contributed by atoms with E-state index in [4.69, 9.17) is 4.42 Å². The van der Waals surface area contributed by atoms with Gasteiger partial charge in [-0.15, -0.1) is 0 Å². The molecule has 1 N–H and O–H groups in total. The highest BCUT2D eigenvalue weighted by Gasteiger charge is 2.17. The summed E-state index contributed by atoms with van der Waals surface area (Å²) < 4.78 is 7.07. The van der Waals surface area contributed by atoms with Gasteiger partial charge >= 0.3 is 0 Å². The maximum absolute atomic E-state index is 12.4. The summed E-state index contributed by atoms with van der Waals surface area (Å²) in [5, 5.41) is 7.09. The molecule has 6 heteroatoms. The fourth-order valence-corrected chi connectivity index (χ4v) is 2.53. The Balaban J connectivity index is 1.87. The minimum absolute atomic E-state index is 0.00317. The molecule has 0 saturated heterocycles. The van der Waals surface area contributed by atoms with Crippen molar-refractivity contribution in [1.82, 2.24) is 15.1 Å². The molecule has 0 spiro atoms. The van der Waals surface area contributed by atoms with E-state index in [0.29, 0.717) is 5.76 Å². The average molecular weight is 323 g/mol. The number of benzene rings is 1. The summed E-state index contributed by atoms with van der Waals surface area (Å²) in [5.41, 5.74) is 1.53. The molecule has 2 aromatic heterocycles. The lowest BCUT2D eigenvalue weighted by Gasteiger charge is -2.17. The topological polar surface area (TPSA) is 77.1 Å². The molecule has 0 bridgehead atoms. The molecule has 3 aromatic rings. The zero-order chi connectivity index (χ0) is 17.1. The number of aromatic nitrogens is 2. The van der Waals surface area contributed by atoms with Crippen molar-refractivity contribution in [1.29, 1.82) is 0 Å². The van der Waals surface area contributed by atoms with E-state index in [2.05, 4.69) is 10.4 Å². The Morgan fingerprint density at radius 2 is 2.04 bits per heavy atom. The molecule has 6 nitrogen and oxygen atoms in total. The van der Waals surface area contributed by atoms with Crippen molar-refractivity contribution in [3.8, 4) is 5.69 Å². The van der Waals surface area contributed by atoms with E-state index in [1.165, 1.54) is 12.1 Å². The number of carbonyl (C=O) groups is 1. The molecule has 0 radical (unpaired) electrons. The molecule has 0 aliphatic heterocycles. The first-order valence-corrected chi connectivity index (χ1v) is 7.56. The molecular formula is C18H17N3O3. The van der Waals surface area contributed by atoms with Crippen molar-refractivity contribution in [2.45, 2.75) is 19.9 Å². The molecule has 0 saturated carbocycles. The van der Waals surface area contributed by atoms with Gasteiger partial charge in [0.25, 0.3) is 5.91 Å². The number of hydrogen-bond acceptors (Lipinski definition) is 4. The van der Waals surface area contributed by atoms with Gasteiger partial charge in [0.05, 0.1) is 11.7 Å². The second kappa shape index (κ2) is 6.54. The van der Waals surface area contributed by atoms with Crippen LogP contribution in [-0.4, -0.2) is 15.7 Å². The van der Waals surface area contributed by atoms with Crippen molar-refractivity contribution < 1.29 is 9.21 Å². The van der Waals surface area contributed by atoms with Crippen LogP contribution in [0, 0.1) is 6.92 Å². The van der Waals surface area contributed by atoms with Crippen LogP contribution in [-0.2, 0) is 0 Å². The second-order valence-electron chi connectivity index (χ2n) is 5.47. The lowest BCUT2D eigenvalue weighted by Crippen LogP contribution is -2.28. The molecule has 122 valence electrons. The van der Waals surface area contributed by atoms with E-state index in [1.807, 2.05) is 43.5 Å². The van der Waals surface area contributed by atoms with Crippen LogP contribution in [0.25, 0.3) is 5.69 Å². The third-order valence-electron chi connectivity index (χ3n) is 3.62. The summed E-state index contributed by atoms with van der Waals surface area (Å²) in [6, 6.07) is 11.7. The highest BCUT2D eigenvalue weighted by molar-refractivity contribution is 5.91. The lowest BCUT2D eigenvalue weighted by atomic mass is 10.1. The van der Waals surface area contributed by atoms with Crippen LogP contribution in [0.3, 0.4) is 0 Å². The Kier molecular flexibility index (Phi) is 4.29. The number of hydrogen-bond donors (Lipinski definition) is 1. The summed E-state index contributed by atoms with van der Waals surface area (Å²) in [6.45, 7) is 3.50. The maximum atomic E-state index is 12.4. The summed E-state index contributed by atoms with van der Waals surface area (Å²) >= 11 is 0. The molecule has 1 amide bonds. The number of nitrogens with zero attached hydrogens (tertiary/aromatic N) is 2. The average Bonchev–Trinajstić information content (AvgIpc) is 3.08. The number of rotatable bonds is 4. The molecular weight excluding hydrogens is 306 g/mol. The van der Waals surface area contributed by atoms with Crippen molar-refractivity contribution in [2.75, 3.05) is 0 Å². The normalized spacial score (nSPS) is 11.9. The van der Waals surface area contributed by atoms with Crippen LogP contribution in [0.1, 0.15) is 34.8 Å². The first-order valence-electron chi connectivity index (χ1n) is 7.56. The van der Waals surface area contributed by atoms with Crippen molar-refractivity contribution in [3.05, 3.63) is 82.2 Å². The van der Waals surface area contributed by atoms with E-state index in [-0.39, 0.29) is 17.2 Å². The Labute approximate surface area is 138 Å². The predicted molar refractivity (Wildman–Crippen MR) is 89.2 cm³/mol. The zero-order valence-electron chi connectivity index (χ0n) is 13.4. The van der Waals surface area contributed by atoms with Gasteiger partial charge in [0, 0.05) is 24.5 Å². The molecule has 0 aliphatic carbocycles. The smallest absolute Gasteiger partial charge is 0.287 e. The fourth-order valence-electron chi connectivity index (χ4n) is 2.53. The first-order chi connectivity index (χ1) is 11.5. The fraction of sp³-hybridized carbons (Fsp3) is 0.167. The SMILES string of the molecule is Cc1cc(=O)cc(C(=O)N[C@@H](C)c2ccccc2-n2cccn2)o1. The molecule has 2 heterocycles. The third-order valence-corrected chi connectivity index (χ3v) is 3.62.